The number of hydrogen-bond donors (Lipinski definition) is 3. The Kier molecular flexibility index (Phi) is 6.99. The third kappa shape index (κ3) is 5.95. The second-order valence-corrected chi connectivity index (χ2v) is 9.28. The monoisotopic (exact) mass is 510 g/mol. The molecule has 1 saturated heterocycles. The molecule has 1 aliphatic heterocycles. The zero-order valence-electron chi connectivity index (χ0n) is 21.0. The molecule has 0 spiro atoms. The number of anilines is 6. The Morgan fingerprint density at radius 1 is 0.868 bits per heavy atom. The smallest absolute Gasteiger partial charge is 0.229 e. The molecule has 2 amide bonds. The molecule has 3 N–H and O–H groups in total. The van der Waals surface area contributed by atoms with Crippen LogP contribution in [0.15, 0.2) is 78.9 Å². The summed E-state index contributed by atoms with van der Waals surface area (Å²) in [5.41, 5.74) is 4.87. The van der Waals surface area contributed by atoms with Gasteiger partial charge in [0.1, 0.15) is 11.6 Å². The van der Waals surface area contributed by atoms with Gasteiger partial charge in [-0.1, -0.05) is 17.7 Å². The maximum absolute atomic E-state index is 13.2. The van der Waals surface area contributed by atoms with E-state index < -0.39 is 5.92 Å². The third-order valence-electron chi connectivity index (χ3n) is 6.22. The number of nitrogens with zero attached hydrogens (tertiary/aromatic N) is 3. The Labute approximate surface area is 219 Å². The minimum Gasteiger partial charge on any atom is -0.340 e. The van der Waals surface area contributed by atoms with Gasteiger partial charge in [0, 0.05) is 47.5 Å². The van der Waals surface area contributed by atoms with E-state index in [1.165, 1.54) is 22.6 Å². The van der Waals surface area contributed by atoms with Crippen molar-refractivity contribution in [3.63, 3.8) is 0 Å². The van der Waals surface area contributed by atoms with Gasteiger partial charge in [-0.05, 0) is 74.5 Å². The van der Waals surface area contributed by atoms with E-state index >= 15 is 0 Å². The Morgan fingerprint density at radius 2 is 1.50 bits per heavy atom. The van der Waals surface area contributed by atoms with Gasteiger partial charge in [0.05, 0.1) is 5.92 Å². The molecular formula is C29H27FN6O2. The van der Waals surface area contributed by atoms with Crippen molar-refractivity contribution >= 4 is 46.3 Å². The van der Waals surface area contributed by atoms with Gasteiger partial charge in [0.25, 0.3) is 0 Å². The van der Waals surface area contributed by atoms with Gasteiger partial charge in [0.2, 0.25) is 17.8 Å². The van der Waals surface area contributed by atoms with Crippen LogP contribution >= 0.6 is 0 Å². The number of carbonyl (C=O) groups is 2. The van der Waals surface area contributed by atoms with Crippen LogP contribution in [0.3, 0.4) is 0 Å². The minimum atomic E-state index is -0.492. The van der Waals surface area contributed by atoms with Gasteiger partial charge in [-0.25, -0.2) is 9.37 Å². The van der Waals surface area contributed by atoms with Crippen molar-refractivity contribution in [2.45, 2.75) is 20.3 Å². The highest BCUT2D eigenvalue weighted by atomic mass is 19.1. The maximum Gasteiger partial charge on any atom is 0.229 e. The maximum atomic E-state index is 13.2. The molecule has 1 aliphatic rings. The van der Waals surface area contributed by atoms with Crippen LogP contribution in [0.25, 0.3) is 0 Å². The highest BCUT2D eigenvalue weighted by Gasteiger charge is 2.35. The van der Waals surface area contributed by atoms with E-state index in [2.05, 4.69) is 25.9 Å². The third-order valence-corrected chi connectivity index (χ3v) is 6.22. The summed E-state index contributed by atoms with van der Waals surface area (Å²) in [7, 11) is 0. The number of aromatic nitrogens is 2. The van der Waals surface area contributed by atoms with Gasteiger partial charge in [-0.2, -0.15) is 4.98 Å². The molecule has 38 heavy (non-hydrogen) atoms. The average Bonchev–Trinajstić information content (AvgIpc) is 3.28. The average molecular weight is 511 g/mol. The van der Waals surface area contributed by atoms with E-state index in [9.17, 15) is 14.0 Å². The van der Waals surface area contributed by atoms with Gasteiger partial charge in [-0.3, -0.25) is 9.59 Å². The molecular weight excluding hydrogens is 483 g/mol. The summed E-state index contributed by atoms with van der Waals surface area (Å²) in [5, 5.41) is 9.37. The number of benzene rings is 3. The largest absolute Gasteiger partial charge is 0.340 e. The Balaban J connectivity index is 1.20. The van der Waals surface area contributed by atoms with E-state index in [4.69, 9.17) is 0 Å². The predicted molar refractivity (Wildman–Crippen MR) is 146 cm³/mol. The first-order valence-electron chi connectivity index (χ1n) is 12.3. The van der Waals surface area contributed by atoms with E-state index in [0.717, 1.165) is 17.1 Å². The fourth-order valence-corrected chi connectivity index (χ4v) is 4.24. The second-order valence-electron chi connectivity index (χ2n) is 9.28. The van der Waals surface area contributed by atoms with Crippen LogP contribution in [0.2, 0.25) is 0 Å². The van der Waals surface area contributed by atoms with E-state index in [-0.39, 0.29) is 30.6 Å². The van der Waals surface area contributed by atoms with Crippen molar-refractivity contribution in [2.75, 3.05) is 27.4 Å². The summed E-state index contributed by atoms with van der Waals surface area (Å²) in [6, 6.07) is 22.8. The predicted octanol–water partition coefficient (Wildman–Crippen LogP) is 5.71. The van der Waals surface area contributed by atoms with Gasteiger partial charge >= 0.3 is 0 Å². The van der Waals surface area contributed by atoms with E-state index in [0.29, 0.717) is 23.1 Å². The molecule has 0 radical (unpaired) electrons. The lowest BCUT2D eigenvalue weighted by molar-refractivity contribution is -0.122. The van der Waals surface area contributed by atoms with E-state index in [1.807, 2.05) is 56.3 Å². The summed E-state index contributed by atoms with van der Waals surface area (Å²) < 4.78 is 13.2. The summed E-state index contributed by atoms with van der Waals surface area (Å²) in [5.74, 6) is -0.138. The van der Waals surface area contributed by atoms with Crippen LogP contribution in [0.4, 0.5) is 38.9 Å². The van der Waals surface area contributed by atoms with Crippen LogP contribution in [0.5, 0.6) is 0 Å². The van der Waals surface area contributed by atoms with Crippen LogP contribution < -0.4 is 20.9 Å². The topological polar surface area (TPSA) is 99.2 Å². The highest BCUT2D eigenvalue weighted by Crippen LogP contribution is 2.27. The van der Waals surface area contributed by atoms with Gasteiger partial charge in [-0.15, -0.1) is 0 Å². The lowest BCUT2D eigenvalue weighted by Crippen LogP contribution is -2.28. The molecule has 8 nitrogen and oxygen atoms in total. The molecule has 9 heteroatoms. The highest BCUT2D eigenvalue weighted by molar-refractivity contribution is 6.03. The summed E-state index contributed by atoms with van der Waals surface area (Å²) >= 11 is 0. The molecule has 1 unspecified atom stereocenters. The first kappa shape index (κ1) is 24.9. The van der Waals surface area contributed by atoms with Gasteiger partial charge in [0.15, 0.2) is 0 Å². The number of amides is 2. The zero-order valence-corrected chi connectivity index (χ0v) is 21.0. The number of nitrogens with one attached hydrogen (secondary N) is 3. The van der Waals surface area contributed by atoms with Crippen molar-refractivity contribution < 1.29 is 14.0 Å². The molecule has 0 bridgehead atoms. The quantitative estimate of drug-likeness (QED) is 0.295. The lowest BCUT2D eigenvalue weighted by atomic mass is 10.1. The number of hydrogen-bond acceptors (Lipinski definition) is 6. The molecule has 1 fully saturated rings. The lowest BCUT2D eigenvalue weighted by Gasteiger charge is -2.16. The minimum absolute atomic E-state index is 0.106. The summed E-state index contributed by atoms with van der Waals surface area (Å²) in [6.45, 7) is 4.18. The first-order valence-corrected chi connectivity index (χ1v) is 12.3. The molecule has 4 aromatic rings. The standard InChI is InChI=1S/C29H27FN6O2/c1-18-3-7-24(8-4-18)34-29-31-19(2)15-26(35-29)32-22-9-11-23(12-10-22)33-28(38)20-16-27(37)36(17-20)25-13-5-21(30)6-14-25/h3-15,20H,16-17H2,1-2H3,(H,33,38)(H2,31,32,34,35). The fraction of sp³-hybridized carbons (Fsp3) is 0.172. The van der Waals surface area contributed by atoms with Crippen LogP contribution in [0.1, 0.15) is 17.7 Å². The van der Waals surface area contributed by atoms with Crippen molar-refractivity contribution in [3.05, 3.63) is 95.9 Å². The number of carbonyl (C=O) groups excluding carboxylic acids is 2. The van der Waals surface area contributed by atoms with E-state index in [1.54, 1.807) is 24.3 Å². The summed E-state index contributed by atoms with van der Waals surface area (Å²) in [4.78, 5) is 35.8. The molecule has 3 aromatic carbocycles. The molecule has 0 aliphatic carbocycles. The Morgan fingerprint density at radius 3 is 2.21 bits per heavy atom. The normalized spacial score (nSPS) is 14.9. The number of halogens is 1. The molecule has 0 saturated carbocycles. The molecule has 5 rings (SSSR count). The van der Waals surface area contributed by atoms with Crippen molar-refractivity contribution in [3.8, 4) is 0 Å². The zero-order chi connectivity index (χ0) is 26.6. The molecule has 1 aromatic heterocycles. The Hall–Kier alpha value is -4.79. The van der Waals surface area contributed by atoms with Crippen LogP contribution in [0, 0.1) is 25.6 Å². The van der Waals surface area contributed by atoms with Crippen molar-refractivity contribution in [1.29, 1.82) is 0 Å². The van der Waals surface area contributed by atoms with Crippen molar-refractivity contribution in [1.82, 2.24) is 9.97 Å². The fourth-order valence-electron chi connectivity index (χ4n) is 4.24. The van der Waals surface area contributed by atoms with Crippen LogP contribution in [-0.4, -0.2) is 28.3 Å². The molecule has 2 heterocycles. The number of rotatable bonds is 7. The molecule has 192 valence electrons. The Bertz CT molecular complexity index is 1460. The SMILES string of the molecule is Cc1ccc(Nc2nc(C)cc(Nc3ccc(NC(=O)C4CC(=O)N(c5ccc(F)cc5)C4)cc3)n2)cc1. The number of aryl methyl sites for hydroxylation is 2. The van der Waals surface area contributed by atoms with Crippen molar-refractivity contribution in [2.24, 2.45) is 5.92 Å². The van der Waals surface area contributed by atoms with Crippen LogP contribution in [-0.2, 0) is 9.59 Å². The second kappa shape index (κ2) is 10.7. The first-order chi connectivity index (χ1) is 18.3. The van der Waals surface area contributed by atoms with Gasteiger partial charge < -0.3 is 20.9 Å². The molecule has 1 atom stereocenters. The summed E-state index contributed by atoms with van der Waals surface area (Å²) in [6.07, 6.45) is 0.106.